The van der Waals surface area contributed by atoms with Gasteiger partial charge in [-0.3, -0.25) is 9.89 Å². The highest BCUT2D eigenvalue weighted by Gasteiger charge is 2.30. The molecule has 0 aliphatic carbocycles. The molecule has 0 saturated carbocycles. The number of H-pyrrole nitrogens is 1. The van der Waals surface area contributed by atoms with Gasteiger partial charge < -0.3 is 9.64 Å². The van der Waals surface area contributed by atoms with Gasteiger partial charge >= 0.3 is 5.97 Å². The summed E-state index contributed by atoms with van der Waals surface area (Å²) in [6, 6.07) is 8.20. The molecule has 3 rings (SSSR count). The number of aryl methyl sites for hydroxylation is 1. The lowest BCUT2D eigenvalue weighted by molar-refractivity contribution is -0.930. The minimum Gasteiger partial charge on any atom is -0.466 e. The Morgan fingerprint density at radius 3 is 2.92 bits per heavy atom. The van der Waals surface area contributed by atoms with Gasteiger partial charge in [-0.15, -0.1) is 0 Å². The van der Waals surface area contributed by atoms with Crippen LogP contribution in [0.2, 0.25) is 0 Å². The molecule has 6 nitrogen and oxygen atoms in total. The summed E-state index contributed by atoms with van der Waals surface area (Å²) in [4.78, 5) is 17.8. The molecular formula is C18H25N4O2S+. The second kappa shape index (κ2) is 7.93. The van der Waals surface area contributed by atoms with Crippen molar-refractivity contribution in [3.63, 3.8) is 0 Å². The van der Waals surface area contributed by atoms with E-state index in [2.05, 4.69) is 29.1 Å². The number of nitrogens with zero attached hydrogens (tertiary/aromatic N) is 2. The number of quaternary nitrogens is 1. The number of hydrogen-bond acceptors (Lipinski definition) is 4. The van der Waals surface area contributed by atoms with Crippen LogP contribution in [0.1, 0.15) is 25.3 Å². The van der Waals surface area contributed by atoms with Crippen LogP contribution in [-0.2, 0) is 16.2 Å². The van der Waals surface area contributed by atoms with Crippen molar-refractivity contribution >= 4 is 18.2 Å². The quantitative estimate of drug-likeness (QED) is 0.629. The van der Waals surface area contributed by atoms with Crippen molar-refractivity contribution in [2.75, 3.05) is 19.7 Å². The van der Waals surface area contributed by atoms with Crippen LogP contribution in [0.25, 0.3) is 11.4 Å². The van der Waals surface area contributed by atoms with Crippen molar-refractivity contribution in [2.45, 2.75) is 33.4 Å². The van der Waals surface area contributed by atoms with Gasteiger partial charge in [0, 0.05) is 5.56 Å². The SMILES string of the molecule is CCOC(=O)[C@H]1CCC[NH+](Cn2[nH]c(-c3ccc(C)cc3)nc2=S)C1. The largest absolute Gasteiger partial charge is 0.466 e. The second-order valence-corrected chi connectivity index (χ2v) is 6.97. The molecule has 2 atom stereocenters. The molecule has 0 bridgehead atoms. The van der Waals surface area contributed by atoms with Crippen LogP contribution in [0.3, 0.4) is 0 Å². The zero-order valence-electron chi connectivity index (χ0n) is 14.7. The van der Waals surface area contributed by atoms with Crippen LogP contribution < -0.4 is 4.90 Å². The summed E-state index contributed by atoms with van der Waals surface area (Å²) in [5.74, 6) is 0.689. The lowest BCUT2D eigenvalue weighted by atomic mass is 9.99. The molecule has 2 N–H and O–H groups in total. The molecule has 2 aromatic rings. The molecule has 0 amide bonds. The number of benzene rings is 1. The van der Waals surface area contributed by atoms with Gasteiger partial charge in [0.15, 0.2) is 12.5 Å². The third-order valence-electron chi connectivity index (χ3n) is 4.62. The number of likely N-dealkylation sites (tertiary alicyclic amines) is 1. The van der Waals surface area contributed by atoms with E-state index >= 15 is 0 Å². The molecule has 1 aliphatic heterocycles. The maximum atomic E-state index is 12.0. The molecule has 134 valence electrons. The molecule has 1 saturated heterocycles. The van der Waals surface area contributed by atoms with Crippen molar-refractivity contribution in [1.29, 1.82) is 0 Å². The smallest absolute Gasteiger partial charge is 0.314 e. The first-order valence-electron chi connectivity index (χ1n) is 8.81. The maximum absolute atomic E-state index is 12.0. The van der Waals surface area contributed by atoms with Crippen LogP contribution in [0.4, 0.5) is 0 Å². The molecule has 0 spiro atoms. The minimum atomic E-state index is -0.0757. The highest BCUT2D eigenvalue weighted by atomic mass is 32.1. The average molecular weight is 361 g/mol. The Morgan fingerprint density at radius 1 is 1.44 bits per heavy atom. The predicted octanol–water partition coefficient (Wildman–Crippen LogP) is 1.73. The van der Waals surface area contributed by atoms with Crippen molar-refractivity contribution in [2.24, 2.45) is 5.92 Å². The van der Waals surface area contributed by atoms with Crippen molar-refractivity contribution in [3.05, 3.63) is 34.6 Å². The van der Waals surface area contributed by atoms with E-state index in [0.717, 1.165) is 37.3 Å². The Hall–Kier alpha value is -1.99. The van der Waals surface area contributed by atoms with E-state index in [1.165, 1.54) is 10.5 Å². The first kappa shape index (κ1) is 17.8. The molecule has 7 heteroatoms. The summed E-state index contributed by atoms with van der Waals surface area (Å²) >= 11 is 5.41. The number of piperidine rings is 1. The maximum Gasteiger partial charge on any atom is 0.314 e. The van der Waals surface area contributed by atoms with Gasteiger partial charge in [0.05, 0.1) is 19.7 Å². The molecule has 1 aromatic heterocycles. The molecule has 1 fully saturated rings. The summed E-state index contributed by atoms with van der Waals surface area (Å²) in [5.41, 5.74) is 2.23. The number of rotatable bonds is 5. The minimum absolute atomic E-state index is 0.0163. The van der Waals surface area contributed by atoms with E-state index in [1.54, 1.807) is 0 Å². The fourth-order valence-electron chi connectivity index (χ4n) is 3.28. The van der Waals surface area contributed by atoms with Gasteiger partial charge in [-0.2, -0.15) is 4.98 Å². The van der Waals surface area contributed by atoms with E-state index in [0.29, 0.717) is 18.0 Å². The van der Waals surface area contributed by atoms with Crippen LogP contribution >= 0.6 is 12.2 Å². The number of aromatic nitrogens is 3. The van der Waals surface area contributed by atoms with E-state index in [4.69, 9.17) is 17.0 Å². The highest BCUT2D eigenvalue weighted by Crippen LogP contribution is 2.15. The molecular weight excluding hydrogens is 336 g/mol. The predicted molar refractivity (Wildman–Crippen MR) is 97.6 cm³/mol. The summed E-state index contributed by atoms with van der Waals surface area (Å²) in [5, 5.41) is 3.30. The first-order valence-corrected chi connectivity index (χ1v) is 9.21. The summed E-state index contributed by atoms with van der Waals surface area (Å²) in [6.45, 7) is 6.84. The fraction of sp³-hybridized carbons (Fsp3) is 0.500. The average Bonchev–Trinajstić information content (AvgIpc) is 2.97. The fourth-order valence-corrected chi connectivity index (χ4v) is 3.49. The van der Waals surface area contributed by atoms with Gasteiger partial charge in [0.1, 0.15) is 5.92 Å². The Labute approximate surface area is 152 Å². The summed E-state index contributed by atoms with van der Waals surface area (Å²) in [6.07, 6.45) is 1.93. The lowest BCUT2D eigenvalue weighted by Gasteiger charge is -2.28. The van der Waals surface area contributed by atoms with E-state index in [-0.39, 0.29) is 11.9 Å². The number of carbonyl (C=O) groups is 1. The summed E-state index contributed by atoms with van der Waals surface area (Å²) < 4.78 is 7.61. The number of aromatic amines is 1. The Balaban J connectivity index is 1.69. The molecule has 1 unspecified atom stereocenters. The van der Waals surface area contributed by atoms with Gasteiger partial charge in [0.25, 0.3) is 0 Å². The second-order valence-electron chi connectivity index (χ2n) is 6.60. The standard InChI is InChI=1S/C18H24N4O2S/c1-3-24-17(23)15-5-4-10-21(11-15)12-22-18(25)19-16(20-22)14-8-6-13(2)7-9-14/h6-9,15H,3-5,10-12H2,1-2H3,(H,19,20,25)/p+1/t15-/m0/s1. The number of hydrogen-bond donors (Lipinski definition) is 2. The van der Waals surface area contributed by atoms with E-state index in [9.17, 15) is 4.79 Å². The zero-order chi connectivity index (χ0) is 17.8. The van der Waals surface area contributed by atoms with Crippen LogP contribution in [0.5, 0.6) is 0 Å². The van der Waals surface area contributed by atoms with Crippen LogP contribution in [-0.4, -0.2) is 40.4 Å². The van der Waals surface area contributed by atoms with Crippen molar-refractivity contribution in [3.8, 4) is 11.4 Å². The molecule has 25 heavy (non-hydrogen) atoms. The lowest BCUT2D eigenvalue weighted by Crippen LogP contribution is -3.13. The normalized spacial score (nSPS) is 20.4. The van der Waals surface area contributed by atoms with Gasteiger partial charge in [-0.05, 0) is 38.9 Å². The van der Waals surface area contributed by atoms with E-state index < -0.39 is 0 Å². The molecule has 2 heterocycles. The van der Waals surface area contributed by atoms with Gasteiger partial charge in [0.2, 0.25) is 4.77 Å². The summed E-state index contributed by atoms with van der Waals surface area (Å²) in [7, 11) is 0. The number of esters is 1. The highest BCUT2D eigenvalue weighted by molar-refractivity contribution is 7.71. The number of carbonyl (C=O) groups excluding carboxylic acids is 1. The van der Waals surface area contributed by atoms with Crippen molar-refractivity contribution in [1.82, 2.24) is 14.8 Å². The topological polar surface area (TPSA) is 64.3 Å². The van der Waals surface area contributed by atoms with E-state index in [1.807, 2.05) is 23.7 Å². The Kier molecular flexibility index (Phi) is 5.65. The Morgan fingerprint density at radius 2 is 2.20 bits per heavy atom. The number of nitrogens with one attached hydrogen (secondary N) is 2. The Bertz CT molecular complexity index is 781. The van der Waals surface area contributed by atoms with Gasteiger partial charge in [-0.25, -0.2) is 4.68 Å². The first-order chi connectivity index (χ1) is 12.1. The molecule has 0 radical (unpaired) electrons. The third kappa shape index (κ3) is 4.35. The zero-order valence-corrected chi connectivity index (χ0v) is 15.6. The molecule has 1 aromatic carbocycles. The van der Waals surface area contributed by atoms with Gasteiger partial charge in [-0.1, -0.05) is 29.8 Å². The number of ether oxygens (including phenoxy) is 1. The van der Waals surface area contributed by atoms with Crippen LogP contribution in [0.15, 0.2) is 24.3 Å². The van der Waals surface area contributed by atoms with Crippen molar-refractivity contribution < 1.29 is 14.4 Å². The third-order valence-corrected chi connectivity index (χ3v) is 4.94. The van der Waals surface area contributed by atoms with Crippen LogP contribution in [0, 0.1) is 17.6 Å². The monoisotopic (exact) mass is 361 g/mol. The molecule has 1 aliphatic rings.